The van der Waals surface area contributed by atoms with Gasteiger partial charge < -0.3 is 5.11 Å². The maximum absolute atomic E-state index is 11.6. The summed E-state index contributed by atoms with van der Waals surface area (Å²) in [4.78, 5) is 16.2. The fraction of sp³-hybridized carbons (Fsp3) is 0.833. The van der Waals surface area contributed by atoms with Crippen molar-refractivity contribution in [3.05, 3.63) is 24.3 Å². The molecule has 8 unspecified atom stereocenters. The SMILES string of the molecule is C=C(C)C1CCC2C3(C)CCC(C(C)CC=CC(C)(C)OO)C3(C)CCC23CC13CCC(=O)O. The highest BCUT2D eigenvalue weighted by atomic mass is 17.1. The van der Waals surface area contributed by atoms with Gasteiger partial charge in [0.2, 0.25) is 0 Å². The van der Waals surface area contributed by atoms with Crippen molar-refractivity contribution in [2.75, 3.05) is 0 Å². The molecule has 8 atom stereocenters. The van der Waals surface area contributed by atoms with Crippen molar-refractivity contribution in [2.24, 2.45) is 45.3 Å². The van der Waals surface area contributed by atoms with Crippen LogP contribution < -0.4 is 0 Å². The van der Waals surface area contributed by atoms with E-state index in [0.29, 0.717) is 46.3 Å². The average Bonchev–Trinajstić information content (AvgIpc) is 3.35. The van der Waals surface area contributed by atoms with Gasteiger partial charge in [-0.3, -0.25) is 10.1 Å². The molecule has 0 aromatic heterocycles. The first-order chi connectivity index (χ1) is 15.8. The topological polar surface area (TPSA) is 66.8 Å². The van der Waals surface area contributed by atoms with E-state index in [-0.39, 0.29) is 5.41 Å². The number of aliphatic carboxylic acids is 1. The van der Waals surface area contributed by atoms with Gasteiger partial charge in [0.05, 0.1) is 0 Å². The van der Waals surface area contributed by atoms with Crippen LogP contribution in [0.15, 0.2) is 24.3 Å². The summed E-state index contributed by atoms with van der Waals surface area (Å²) in [7, 11) is 0. The Labute approximate surface area is 207 Å². The fourth-order valence-electron chi connectivity index (χ4n) is 10.0. The summed E-state index contributed by atoms with van der Waals surface area (Å²) in [5.74, 6) is 1.84. The molecule has 4 heteroatoms. The van der Waals surface area contributed by atoms with Crippen LogP contribution in [0.1, 0.15) is 106 Å². The van der Waals surface area contributed by atoms with Gasteiger partial charge in [-0.15, -0.1) is 0 Å². The molecular weight excluding hydrogens is 424 g/mol. The lowest BCUT2D eigenvalue weighted by Gasteiger charge is -2.61. The molecule has 4 fully saturated rings. The van der Waals surface area contributed by atoms with Gasteiger partial charge in [0.15, 0.2) is 0 Å². The van der Waals surface area contributed by atoms with Crippen LogP contribution in [-0.4, -0.2) is 21.9 Å². The zero-order valence-corrected chi connectivity index (χ0v) is 22.5. The molecule has 0 heterocycles. The lowest BCUT2D eigenvalue weighted by molar-refractivity contribution is -0.297. The Morgan fingerprint density at radius 3 is 2.50 bits per heavy atom. The van der Waals surface area contributed by atoms with Crippen LogP contribution in [-0.2, 0) is 9.68 Å². The number of carboxylic acids is 1. The van der Waals surface area contributed by atoms with E-state index in [2.05, 4.69) is 45.2 Å². The lowest BCUT2D eigenvalue weighted by Crippen LogP contribution is -2.54. The predicted molar refractivity (Wildman–Crippen MR) is 136 cm³/mol. The van der Waals surface area contributed by atoms with Crippen LogP contribution in [0.5, 0.6) is 0 Å². The maximum atomic E-state index is 11.6. The Morgan fingerprint density at radius 1 is 1.18 bits per heavy atom. The van der Waals surface area contributed by atoms with Crippen molar-refractivity contribution in [3.8, 4) is 0 Å². The molecule has 4 aliphatic carbocycles. The van der Waals surface area contributed by atoms with Gasteiger partial charge in [-0.05, 0) is 124 Å². The Bertz CT molecular complexity index is 860. The number of carboxylic acid groups (broad SMARTS) is 1. The third-order valence-electron chi connectivity index (χ3n) is 11.9. The minimum Gasteiger partial charge on any atom is -0.481 e. The number of allylic oxidation sites excluding steroid dienone is 2. The lowest BCUT2D eigenvalue weighted by atomic mass is 9.43. The Balaban J connectivity index is 1.57. The second-order valence-electron chi connectivity index (χ2n) is 13.7. The standard InChI is InChI=1S/C30H48O4/c1-20(2)22-10-11-24-28(7)15-12-23(21(3)9-8-14-26(4,5)34-33)27(28,6)17-18-30(24)19-29(22,30)16-13-25(31)32/h8,14,21-24,33H,1,9-13,15-19H2,2-7H3,(H,31,32). The molecule has 4 rings (SSSR count). The molecule has 34 heavy (non-hydrogen) atoms. The van der Waals surface area contributed by atoms with Gasteiger partial charge in [-0.2, -0.15) is 0 Å². The first-order valence-electron chi connectivity index (χ1n) is 13.7. The highest BCUT2D eigenvalue weighted by molar-refractivity contribution is 5.67. The number of fused-ring (bicyclic) bond motifs is 2. The molecule has 4 nitrogen and oxygen atoms in total. The Morgan fingerprint density at radius 2 is 1.88 bits per heavy atom. The third-order valence-corrected chi connectivity index (χ3v) is 11.9. The van der Waals surface area contributed by atoms with Crippen LogP contribution in [0, 0.1) is 45.3 Å². The van der Waals surface area contributed by atoms with Crippen molar-refractivity contribution in [1.29, 1.82) is 0 Å². The zero-order valence-electron chi connectivity index (χ0n) is 22.5. The molecule has 192 valence electrons. The first-order valence-corrected chi connectivity index (χ1v) is 13.7. The molecule has 0 bridgehead atoms. The van der Waals surface area contributed by atoms with Gasteiger partial charge >= 0.3 is 5.97 Å². The van der Waals surface area contributed by atoms with Crippen LogP contribution >= 0.6 is 0 Å². The monoisotopic (exact) mass is 472 g/mol. The van der Waals surface area contributed by atoms with Crippen LogP contribution in [0.3, 0.4) is 0 Å². The van der Waals surface area contributed by atoms with Crippen molar-refractivity contribution in [3.63, 3.8) is 0 Å². The normalized spacial score (nSPS) is 44.3. The molecule has 0 amide bonds. The van der Waals surface area contributed by atoms with E-state index >= 15 is 0 Å². The van der Waals surface area contributed by atoms with E-state index in [1.165, 1.54) is 50.5 Å². The molecule has 0 saturated heterocycles. The van der Waals surface area contributed by atoms with Crippen molar-refractivity contribution < 1.29 is 20.0 Å². The number of carbonyl (C=O) groups is 1. The van der Waals surface area contributed by atoms with Crippen LogP contribution in [0.2, 0.25) is 0 Å². The zero-order chi connectivity index (χ0) is 25.2. The largest absolute Gasteiger partial charge is 0.481 e. The van der Waals surface area contributed by atoms with E-state index in [1.807, 2.05) is 19.9 Å². The second kappa shape index (κ2) is 8.47. The maximum Gasteiger partial charge on any atom is 0.303 e. The summed E-state index contributed by atoms with van der Waals surface area (Å²) >= 11 is 0. The minimum absolute atomic E-state index is 0.173. The summed E-state index contributed by atoms with van der Waals surface area (Å²) in [6, 6.07) is 0. The first kappa shape index (κ1) is 25.9. The summed E-state index contributed by atoms with van der Waals surface area (Å²) in [6.07, 6.45) is 15.1. The van der Waals surface area contributed by atoms with Gasteiger partial charge in [0, 0.05) is 6.42 Å². The van der Waals surface area contributed by atoms with E-state index in [1.54, 1.807) is 0 Å². The molecule has 0 aliphatic heterocycles. The van der Waals surface area contributed by atoms with Gasteiger partial charge in [-0.1, -0.05) is 45.1 Å². The second-order valence-corrected chi connectivity index (χ2v) is 13.7. The van der Waals surface area contributed by atoms with Crippen LogP contribution in [0.4, 0.5) is 0 Å². The highest BCUT2D eigenvalue weighted by Crippen LogP contribution is 2.87. The average molecular weight is 473 g/mol. The van der Waals surface area contributed by atoms with Gasteiger partial charge in [0.25, 0.3) is 0 Å². The molecule has 0 radical (unpaired) electrons. The Kier molecular flexibility index (Phi) is 6.47. The quantitative estimate of drug-likeness (QED) is 0.203. The van der Waals surface area contributed by atoms with Crippen molar-refractivity contribution in [1.82, 2.24) is 0 Å². The number of hydrogen-bond acceptors (Lipinski definition) is 3. The summed E-state index contributed by atoms with van der Waals surface area (Å²) in [5.41, 5.74) is 1.80. The molecule has 2 N–H and O–H groups in total. The van der Waals surface area contributed by atoms with Gasteiger partial charge in [-0.25, -0.2) is 4.89 Å². The minimum atomic E-state index is -0.650. The molecule has 0 aromatic rings. The van der Waals surface area contributed by atoms with E-state index < -0.39 is 11.6 Å². The van der Waals surface area contributed by atoms with E-state index in [0.717, 1.165) is 12.8 Å². The van der Waals surface area contributed by atoms with Gasteiger partial charge in [0.1, 0.15) is 5.60 Å². The third kappa shape index (κ3) is 3.65. The fourth-order valence-corrected chi connectivity index (χ4v) is 10.0. The Hall–Kier alpha value is -1.13. The summed E-state index contributed by atoms with van der Waals surface area (Å²) in [5, 5.41) is 18.6. The van der Waals surface area contributed by atoms with Crippen molar-refractivity contribution in [2.45, 2.75) is 111 Å². The molecule has 0 aromatic carbocycles. The summed E-state index contributed by atoms with van der Waals surface area (Å²) < 4.78 is 0. The number of hydrogen-bond donors (Lipinski definition) is 2. The smallest absolute Gasteiger partial charge is 0.303 e. The molecule has 4 aliphatic rings. The van der Waals surface area contributed by atoms with Crippen LogP contribution in [0.25, 0.3) is 0 Å². The molecule has 4 saturated carbocycles. The van der Waals surface area contributed by atoms with E-state index in [4.69, 9.17) is 5.26 Å². The highest BCUT2D eigenvalue weighted by Gasteiger charge is 2.80. The predicted octanol–water partition coefficient (Wildman–Crippen LogP) is 7.90. The molecule has 1 spiro atoms. The molecular formula is C30H48O4. The number of rotatable bonds is 9. The van der Waals surface area contributed by atoms with E-state index in [9.17, 15) is 9.90 Å². The summed E-state index contributed by atoms with van der Waals surface area (Å²) in [6.45, 7) is 17.9. The van der Waals surface area contributed by atoms with Crippen molar-refractivity contribution >= 4 is 5.97 Å².